The summed E-state index contributed by atoms with van der Waals surface area (Å²) < 4.78 is 9.26. The molecule has 0 radical (unpaired) electrons. The average Bonchev–Trinajstić information content (AvgIpc) is 3.24. The van der Waals surface area contributed by atoms with Gasteiger partial charge in [-0.05, 0) is 86.6 Å². The van der Waals surface area contributed by atoms with E-state index in [4.69, 9.17) is 4.74 Å². The number of carbonyl (C=O) groups excluding carboxylic acids is 2. The second-order valence-electron chi connectivity index (χ2n) is 12.5. The van der Waals surface area contributed by atoms with Crippen molar-refractivity contribution in [1.29, 1.82) is 0 Å². The third-order valence-electron chi connectivity index (χ3n) is 7.29. The summed E-state index contributed by atoms with van der Waals surface area (Å²) in [6.45, 7) is 14.4. The number of aryl methyl sites for hydroxylation is 2. The first kappa shape index (κ1) is 33.0. The van der Waals surface area contributed by atoms with E-state index in [2.05, 4.69) is 40.2 Å². The van der Waals surface area contributed by atoms with E-state index in [9.17, 15) is 14.4 Å². The summed E-state index contributed by atoms with van der Waals surface area (Å²) in [5.41, 5.74) is 3.73. The lowest BCUT2D eigenvalue weighted by atomic mass is 9.96. The van der Waals surface area contributed by atoms with Gasteiger partial charge in [0.25, 0.3) is 5.91 Å². The molecule has 234 valence electrons. The van der Waals surface area contributed by atoms with Gasteiger partial charge in [-0.2, -0.15) is 9.61 Å². The van der Waals surface area contributed by atoms with Crippen LogP contribution in [0.4, 0.5) is 4.79 Å². The van der Waals surface area contributed by atoms with Crippen LogP contribution in [0.25, 0.3) is 5.52 Å². The zero-order chi connectivity index (χ0) is 32.2. The molecule has 0 saturated heterocycles. The Hall–Kier alpha value is -3.92. The van der Waals surface area contributed by atoms with Crippen LogP contribution in [0, 0.1) is 19.8 Å². The number of aromatic nitrogens is 3. The van der Waals surface area contributed by atoms with Gasteiger partial charge in [0.05, 0.1) is 28.3 Å². The van der Waals surface area contributed by atoms with Crippen molar-refractivity contribution >= 4 is 33.4 Å². The van der Waals surface area contributed by atoms with E-state index in [-0.39, 0.29) is 17.5 Å². The minimum absolute atomic E-state index is 0.0603. The molecule has 2 aromatic carbocycles. The molecule has 0 fully saturated rings. The number of benzene rings is 2. The Kier molecular flexibility index (Phi) is 10.3. The number of ether oxygens (including phenoxy) is 1. The Balaban J connectivity index is 1.80. The first-order chi connectivity index (χ1) is 20.8. The van der Waals surface area contributed by atoms with Crippen molar-refractivity contribution in [3.8, 4) is 0 Å². The number of rotatable bonds is 10. The largest absolute Gasteiger partial charge is 0.444 e. The molecule has 0 aliphatic rings. The number of fused-ring (bicyclic) bond motifs is 1. The third-order valence-corrected chi connectivity index (χ3v) is 8.27. The van der Waals surface area contributed by atoms with Crippen LogP contribution in [-0.4, -0.2) is 49.8 Å². The van der Waals surface area contributed by atoms with E-state index in [1.165, 1.54) is 4.52 Å². The zero-order valence-electron chi connectivity index (χ0n) is 26.6. The fourth-order valence-corrected chi connectivity index (χ4v) is 5.61. The topological polar surface area (TPSA) is 97.9 Å². The first-order valence-electron chi connectivity index (χ1n) is 14.9. The molecule has 0 unspecified atom stereocenters. The van der Waals surface area contributed by atoms with E-state index >= 15 is 0 Å². The molecule has 4 aromatic rings. The van der Waals surface area contributed by atoms with Crippen molar-refractivity contribution in [3.05, 3.63) is 104 Å². The Morgan fingerprint density at radius 2 is 1.70 bits per heavy atom. The molecule has 1 N–H and O–H groups in total. The van der Waals surface area contributed by atoms with Crippen LogP contribution in [0.15, 0.2) is 69.9 Å². The fourth-order valence-electron chi connectivity index (χ4n) is 5.25. The number of carbonyl (C=O) groups is 2. The highest BCUT2D eigenvalue weighted by Gasteiger charge is 2.32. The SMILES string of the molecule is Cc1ccc(C(=O)N(CCCNC(=O)OC(C)(C)C)[C@@H](c2cc3c(Br)c(C)nn3c(=O)n2Cc2ccccc2)C(C)C)cc1. The Bertz CT molecular complexity index is 1670. The third kappa shape index (κ3) is 7.77. The normalized spacial score (nSPS) is 12.4. The molecular weight excluding hydrogens is 622 g/mol. The summed E-state index contributed by atoms with van der Waals surface area (Å²) in [4.78, 5) is 42.5. The predicted molar refractivity (Wildman–Crippen MR) is 176 cm³/mol. The Morgan fingerprint density at radius 3 is 2.32 bits per heavy atom. The average molecular weight is 665 g/mol. The van der Waals surface area contributed by atoms with Crippen molar-refractivity contribution in [2.24, 2.45) is 5.92 Å². The smallest absolute Gasteiger partial charge is 0.407 e. The van der Waals surface area contributed by atoms with Crippen molar-refractivity contribution in [1.82, 2.24) is 24.4 Å². The minimum Gasteiger partial charge on any atom is -0.444 e. The van der Waals surface area contributed by atoms with Gasteiger partial charge in [0.2, 0.25) is 0 Å². The van der Waals surface area contributed by atoms with Gasteiger partial charge in [-0.1, -0.05) is 61.9 Å². The zero-order valence-corrected chi connectivity index (χ0v) is 28.1. The number of nitrogens with zero attached hydrogens (tertiary/aromatic N) is 4. The van der Waals surface area contributed by atoms with E-state index in [0.717, 1.165) is 15.6 Å². The molecule has 0 bridgehead atoms. The van der Waals surface area contributed by atoms with Gasteiger partial charge in [0.1, 0.15) is 5.60 Å². The summed E-state index contributed by atoms with van der Waals surface area (Å²) in [5.74, 6) is -0.210. The number of hydrogen-bond donors (Lipinski definition) is 1. The molecule has 0 aliphatic carbocycles. The van der Waals surface area contributed by atoms with Gasteiger partial charge in [-0.3, -0.25) is 9.36 Å². The maximum Gasteiger partial charge on any atom is 0.407 e. The summed E-state index contributed by atoms with van der Waals surface area (Å²) in [6, 6.07) is 18.8. The number of alkyl carbamates (subject to hydrolysis) is 1. The molecule has 2 aromatic heterocycles. The van der Waals surface area contributed by atoms with Crippen LogP contribution in [0.2, 0.25) is 0 Å². The number of halogens is 1. The second kappa shape index (κ2) is 13.8. The molecule has 9 nitrogen and oxygen atoms in total. The monoisotopic (exact) mass is 663 g/mol. The number of amides is 2. The highest BCUT2D eigenvalue weighted by molar-refractivity contribution is 9.10. The van der Waals surface area contributed by atoms with E-state index in [1.54, 1.807) is 4.57 Å². The molecule has 44 heavy (non-hydrogen) atoms. The van der Waals surface area contributed by atoms with Crippen molar-refractivity contribution < 1.29 is 14.3 Å². The van der Waals surface area contributed by atoms with Crippen LogP contribution >= 0.6 is 15.9 Å². The van der Waals surface area contributed by atoms with E-state index < -0.39 is 17.7 Å². The fraction of sp³-hybridized carbons (Fsp3) is 0.412. The molecule has 4 rings (SSSR count). The standard InChI is InChI=1S/C34H42BrN5O4/c1-22(2)30(28-20-27-29(35)24(4)37-40(27)33(43)39(28)21-25-12-9-8-10-13-25)38(31(41)26-16-14-23(3)15-17-26)19-11-18-36-32(42)44-34(5,6)7/h8-10,12-17,20,22,30H,11,18-19,21H2,1-7H3,(H,36,42)/t30-/m1/s1. The quantitative estimate of drug-likeness (QED) is 0.191. The van der Waals surface area contributed by atoms with Crippen LogP contribution < -0.4 is 11.0 Å². The van der Waals surface area contributed by atoms with Gasteiger partial charge in [0, 0.05) is 24.3 Å². The summed E-state index contributed by atoms with van der Waals surface area (Å²) in [7, 11) is 0. The van der Waals surface area contributed by atoms with Gasteiger partial charge < -0.3 is 15.0 Å². The van der Waals surface area contributed by atoms with Crippen LogP contribution in [0.5, 0.6) is 0 Å². The molecule has 0 aliphatic heterocycles. The van der Waals surface area contributed by atoms with E-state index in [1.807, 2.05) is 100 Å². The van der Waals surface area contributed by atoms with Gasteiger partial charge in [0.15, 0.2) is 0 Å². The summed E-state index contributed by atoms with van der Waals surface area (Å²) in [5, 5.41) is 7.31. The Labute approximate surface area is 267 Å². The van der Waals surface area contributed by atoms with Crippen LogP contribution in [0.1, 0.15) is 80.0 Å². The number of nitrogens with one attached hydrogen (secondary N) is 1. The highest BCUT2D eigenvalue weighted by Crippen LogP contribution is 2.33. The van der Waals surface area contributed by atoms with Gasteiger partial charge in [-0.15, -0.1) is 0 Å². The summed E-state index contributed by atoms with van der Waals surface area (Å²) in [6.07, 6.45) is -0.0156. The lowest BCUT2D eigenvalue weighted by molar-refractivity contribution is 0.0520. The molecule has 0 spiro atoms. The van der Waals surface area contributed by atoms with Crippen molar-refractivity contribution in [2.75, 3.05) is 13.1 Å². The van der Waals surface area contributed by atoms with Gasteiger partial charge in [-0.25, -0.2) is 9.59 Å². The predicted octanol–water partition coefficient (Wildman–Crippen LogP) is 6.68. The molecular formula is C34H42BrN5O4. The maximum absolute atomic E-state index is 14.3. The van der Waals surface area contributed by atoms with Crippen molar-refractivity contribution in [3.63, 3.8) is 0 Å². The lowest BCUT2D eigenvalue weighted by Gasteiger charge is -2.36. The first-order valence-corrected chi connectivity index (χ1v) is 15.7. The number of hydrogen-bond acceptors (Lipinski definition) is 5. The van der Waals surface area contributed by atoms with Crippen LogP contribution in [-0.2, 0) is 11.3 Å². The minimum atomic E-state index is -0.610. The molecule has 1 atom stereocenters. The molecule has 2 heterocycles. The molecule has 0 saturated carbocycles. The molecule has 2 amide bonds. The maximum atomic E-state index is 14.3. The second-order valence-corrected chi connectivity index (χ2v) is 13.2. The van der Waals surface area contributed by atoms with Gasteiger partial charge >= 0.3 is 11.8 Å². The lowest BCUT2D eigenvalue weighted by Crippen LogP contribution is -2.43. The highest BCUT2D eigenvalue weighted by atomic mass is 79.9. The Morgan fingerprint density at radius 1 is 1.05 bits per heavy atom. The summed E-state index contributed by atoms with van der Waals surface area (Å²) >= 11 is 3.63. The van der Waals surface area contributed by atoms with E-state index in [0.29, 0.717) is 48.5 Å². The van der Waals surface area contributed by atoms with Crippen LogP contribution in [0.3, 0.4) is 0 Å². The van der Waals surface area contributed by atoms with Crippen molar-refractivity contribution in [2.45, 2.75) is 73.1 Å². The molecule has 10 heteroatoms.